The van der Waals surface area contributed by atoms with E-state index in [0.717, 1.165) is 37.9 Å². The number of fused-ring (bicyclic) bond motifs is 2. The number of likely N-dealkylation sites (N-methyl/N-ethyl adjacent to an activating group) is 1. The summed E-state index contributed by atoms with van der Waals surface area (Å²) in [5.74, 6) is 2.94. The molecule has 38 heavy (non-hydrogen) atoms. The first-order valence-electron chi connectivity index (χ1n) is 13.8. The number of hydrogen-bond donors (Lipinski definition) is 0. The van der Waals surface area contributed by atoms with Crippen LogP contribution >= 0.6 is 0 Å². The molecule has 204 valence electrons. The van der Waals surface area contributed by atoms with Crippen LogP contribution in [0.5, 0.6) is 23.0 Å². The average molecular weight is 523 g/mol. The molecular weight excluding hydrogens is 484 g/mol. The lowest BCUT2D eigenvalue weighted by Crippen LogP contribution is -2.51. The molecule has 0 atom stereocenters. The van der Waals surface area contributed by atoms with Crippen LogP contribution < -0.4 is 18.9 Å². The van der Waals surface area contributed by atoms with Crippen molar-refractivity contribution >= 4 is 11.8 Å². The second-order valence-electron chi connectivity index (χ2n) is 10.5. The molecule has 3 heterocycles. The van der Waals surface area contributed by atoms with Crippen LogP contribution in [-0.2, 0) is 16.0 Å². The van der Waals surface area contributed by atoms with E-state index in [4.69, 9.17) is 18.9 Å². The summed E-state index contributed by atoms with van der Waals surface area (Å²) in [4.78, 5) is 30.3. The molecule has 5 rings (SSSR count). The molecule has 0 N–H and O–H groups in total. The number of carbonyl (C=O) groups is 2. The molecule has 2 aromatic carbocycles. The van der Waals surface area contributed by atoms with Crippen LogP contribution in [0.2, 0.25) is 0 Å². The van der Waals surface area contributed by atoms with Gasteiger partial charge >= 0.3 is 0 Å². The van der Waals surface area contributed by atoms with Crippen molar-refractivity contribution in [1.29, 1.82) is 0 Å². The number of ether oxygens (including phenoxy) is 4. The summed E-state index contributed by atoms with van der Waals surface area (Å²) in [6.07, 6.45) is 6.33. The Morgan fingerprint density at radius 1 is 0.868 bits per heavy atom. The van der Waals surface area contributed by atoms with Crippen molar-refractivity contribution in [3.05, 3.63) is 48.0 Å². The van der Waals surface area contributed by atoms with Gasteiger partial charge in [0.15, 0.2) is 18.1 Å². The lowest BCUT2D eigenvalue weighted by molar-refractivity contribution is -0.148. The van der Waals surface area contributed by atoms with Crippen LogP contribution in [0, 0.1) is 5.41 Å². The molecular formula is C30H38N2O6. The highest BCUT2D eigenvalue weighted by molar-refractivity contribution is 5.83. The summed E-state index contributed by atoms with van der Waals surface area (Å²) in [5.41, 5.74) is 0.809. The van der Waals surface area contributed by atoms with Gasteiger partial charge in [0.1, 0.15) is 31.3 Å². The zero-order chi connectivity index (χ0) is 26.4. The summed E-state index contributed by atoms with van der Waals surface area (Å²) in [6, 6.07) is 13.6. The van der Waals surface area contributed by atoms with Crippen LogP contribution in [0.4, 0.5) is 0 Å². The highest BCUT2D eigenvalue weighted by Crippen LogP contribution is 2.39. The van der Waals surface area contributed by atoms with Gasteiger partial charge in [-0.15, -0.1) is 0 Å². The van der Waals surface area contributed by atoms with Gasteiger partial charge in [-0.25, -0.2) is 0 Å². The van der Waals surface area contributed by atoms with Crippen LogP contribution in [0.25, 0.3) is 0 Å². The Kier molecular flexibility index (Phi) is 8.25. The molecule has 3 aliphatic rings. The first-order chi connectivity index (χ1) is 18.5. The maximum atomic E-state index is 13.7. The maximum absolute atomic E-state index is 13.7. The predicted molar refractivity (Wildman–Crippen MR) is 143 cm³/mol. The van der Waals surface area contributed by atoms with E-state index < -0.39 is 5.41 Å². The van der Waals surface area contributed by atoms with Crippen molar-refractivity contribution in [1.82, 2.24) is 9.80 Å². The number of para-hydroxylation sites is 1. The van der Waals surface area contributed by atoms with E-state index in [1.165, 1.54) is 5.56 Å². The van der Waals surface area contributed by atoms with Crippen molar-refractivity contribution in [2.75, 3.05) is 53.1 Å². The second kappa shape index (κ2) is 12.0. The standard InChI is InChI=1S/C30H38N2O6/c1-31-17-18-35-25-9-5-4-8-23(25)7-3-2-6-12-30(29(31)34)13-15-32(16-14-30)28(33)22-38-24-10-11-26-27(21-24)37-20-19-36-26/h4-5,8-11,21H,2-3,6-7,12-20,22H2,1H3. The van der Waals surface area contributed by atoms with Crippen molar-refractivity contribution in [3.63, 3.8) is 0 Å². The largest absolute Gasteiger partial charge is 0.491 e. The number of rotatable bonds is 3. The number of nitrogens with zero attached hydrogens (tertiary/aromatic N) is 2. The molecule has 1 spiro atoms. The van der Waals surface area contributed by atoms with Crippen LogP contribution in [0.1, 0.15) is 44.1 Å². The van der Waals surface area contributed by atoms with Gasteiger partial charge in [0.2, 0.25) is 5.91 Å². The van der Waals surface area contributed by atoms with Gasteiger partial charge in [-0.05, 0) is 55.9 Å². The predicted octanol–water partition coefficient (Wildman–Crippen LogP) is 4.10. The summed E-state index contributed by atoms with van der Waals surface area (Å²) in [6.45, 7) is 3.12. The van der Waals surface area contributed by atoms with Crippen molar-refractivity contribution in [2.45, 2.75) is 44.9 Å². The average Bonchev–Trinajstić information content (AvgIpc) is 2.96. The SMILES string of the molecule is CN1CCOc2ccccc2CCCCCC2(CCN(C(=O)COc3ccc4c(c3)OCCO4)CC2)C1=O. The van der Waals surface area contributed by atoms with Crippen molar-refractivity contribution < 1.29 is 28.5 Å². The van der Waals surface area contributed by atoms with Gasteiger partial charge in [0.25, 0.3) is 5.91 Å². The Bertz CT molecular complexity index is 1130. The van der Waals surface area contributed by atoms with Crippen molar-refractivity contribution in [3.8, 4) is 23.0 Å². The molecule has 1 fully saturated rings. The number of amides is 2. The van der Waals surface area contributed by atoms with E-state index in [9.17, 15) is 9.59 Å². The summed E-state index contributed by atoms with van der Waals surface area (Å²) >= 11 is 0. The molecule has 0 aromatic heterocycles. The van der Waals surface area contributed by atoms with E-state index in [2.05, 4.69) is 12.1 Å². The Morgan fingerprint density at radius 3 is 2.47 bits per heavy atom. The fourth-order valence-corrected chi connectivity index (χ4v) is 5.71. The highest BCUT2D eigenvalue weighted by atomic mass is 16.6. The minimum absolute atomic E-state index is 0.0433. The van der Waals surface area contributed by atoms with Gasteiger partial charge in [0, 0.05) is 26.2 Å². The molecule has 0 unspecified atom stereocenters. The molecule has 8 nitrogen and oxygen atoms in total. The van der Waals surface area contributed by atoms with Gasteiger partial charge in [-0.2, -0.15) is 0 Å². The molecule has 0 radical (unpaired) electrons. The molecule has 2 amide bonds. The van der Waals surface area contributed by atoms with Crippen molar-refractivity contribution in [2.24, 2.45) is 5.41 Å². The second-order valence-corrected chi connectivity index (χ2v) is 10.5. The minimum Gasteiger partial charge on any atom is -0.491 e. The number of benzene rings is 2. The topological polar surface area (TPSA) is 77.5 Å². The summed E-state index contributed by atoms with van der Waals surface area (Å²) < 4.78 is 23.0. The van der Waals surface area contributed by atoms with E-state index in [0.29, 0.717) is 69.5 Å². The van der Waals surface area contributed by atoms with E-state index >= 15 is 0 Å². The Labute approximate surface area is 224 Å². The zero-order valence-electron chi connectivity index (χ0n) is 22.3. The minimum atomic E-state index is -0.427. The monoisotopic (exact) mass is 522 g/mol. The van der Waals surface area contributed by atoms with Gasteiger partial charge in [-0.3, -0.25) is 9.59 Å². The summed E-state index contributed by atoms with van der Waals surface area (Å²) in [7, 11) is 1.87. The third-order valence-electron chi connectivity index (χ3n) is 8.01. The lowest BCUT2D eigenvalue weighted by atomic mass is 9.73. The third kappa shape index (κ3) is 6.00. The fourth-order valence-electron chi connectivity index (χ4n) is 5.71. The van der Waals surface area contributed by atoms with E-state index in [1.54, 1.807) is 18.2 Å². The van der Waals surface area contributed by atoms with E-state index in [1.807, 2.05) is 29.0 Å². The zero-order valence-corrected chi connectivity index (χ0v) is 22.3. The molecule has 0 bridgehead atoms. The number of piperidine rings is 1. The summed E-state index contributed by atoms with van der Waals surface area (Å²) in [5, 5.41) is 0. The van der Waals surface area contributed by atoms with Gasteiger partial charge < -0.3 is 28.7 Å². The first kappa shape index (κ1) is 26.2. The molecule has 2 aromatic rings. The number of likely N-dealkylation sites (tertiary alicyclic amines) is 1. The normalized spacial score (nSPS) is 19.9. The highest BCUT2D eigenvalue weighted by Gasteiger charge is 2.43. The smallest absolute Gasteiger partial charge is 0.260 e. The molecule has 1 saturated heterocycles. The number of aryl methyl sites for hydroxylation is 1. The van der Waals surface area contributed by atoms with Gasteiger partial charge in [0.05, 0.1) is 12.0 Å². The van der Waals surface area contributed by atoms with E-state index in [-0.39, 0.29) is 18.4 Å². The number of hydrogen-bond acceptors (Lipinski definition) is 6. The first-order valence-corrected chi connectivity index (χ1v) is 13.8. The Hall–Kier alpha value is -3.42. The maximum Gasteiger partial charge on any atom is 0.260 e. The molecule has 3 aliphatic heterocycles. The third-order valence-corrected chi connectivity index (χ3v) is 8.01. The van der Waals surface area contributed by atoms with Crippen LogP contribution in [0.3, 0.4) is 0 Å². The Morgan fingerprint density at radius 2 is 1.63 bits per heavy atom. The number of carbonyl (C=O) groups excluding carboxylic acids is 2. The quantitative estimate of drug-likeness (QED) is 0.604. The Balaban J connectivity index is 1.17. The lowest BCUT2D eigenvalue weighted by Gasteiger charge is -2.42. The van der Waals surface area contributed by atoms with Crippen LogP contribution in [0.15, 0.2) is 42.5 Å². The van der Waals surface area contributed by atoms with Crippen LogP contribution in [-0.4, -0.2) is 74.7 Å². The fraction of sp³-hybridized carbons (Fsp3) is 0.533. The molecule has 0 aliphatic carbocycles. The molecule has 0 saturated carbocycles. The van der Waals surface area contributed by atoms with Gasteiger partial charge in [-0.1, -0.05) is 31.0 Å². The molecule has 8 heteroatoms.